The van der Waals surface area contributed by atoms with Gasteiger partial charge in [0.05, 0.1) is 5.56 Å². The lowest BCUT2D eigenvalue weighted by Gasteiger charge is -2.72. The summed E-state index contributed by atoms with van der Waals surface area (Å²) in [6.07, 6.45) is 13.8. The molecule has 0 spiro atoms. The third kappa shape index (κ3) is 4.20. The van der Waals surface area contributed by atoms with Gasteiger partial charge in [0.1, 0.15) is 0 Å². The molecule has 5 aliphatic rings. The van der Waals surface area contributed by atoms with Crippen LogP contribution in [0.3, 0.4) is 0 Å². The van der Waals surface area contributed by atoms with Crippen molar-refractivity contribution in [3.05, 3.63) is 41.5 Å². The minimum atomic E-state index is -0.881. The molecule has 234 valence electrons. The second kappa shape index (κ2) is 9.94. The Bertz CT molecular complexity index is 1360. The molecule has 4 saturated carbocycles. The number of hydrogen-bond acceptors (Lipinski definition) is 3. The Kier molecular flexibility index (Phi) is 7.03. The number of fused-ring (bicyclic) bond motifs is 7. The zero-order chi connectivity index (χ0) is 31.2. The Balaban J connectivity index is 1.30. The molecule has 43 heavy (non-hydrogen) atoms. The molecule has 0 heterocycles. The molecule has 0 aromatic heterocycles. The maximum absolute atomic E-state index is 13.0. The molecule has 6 nitrogen and oxygen atoms in total. The lowest BCUT2D eigenvalue weighted by molar-refractivity contribution is -0.217. The number of rotatable bonds is 3. The number of amides is 2. The summed E-state index contributed by atoms with van der Waals surface area (Å²) in [5, 5.41) is 12.7. The summed E-state index contributed by atoms with van der Waals surface area (Å²) in [7, 11) is 3.31. The Hall–Kier alpha value is -2.63. The van der Waals surface area contributed by atoms with Crippen molar-refractivity contribution in [3.63, 3.8) is 0 Å². The van der Waals surface area contributed by atoms with E-state index >= 15 is 0 Å². The number of likely N-dealkylation sites (N-methyl/N-ethyl adjacent to an activating group) is 1. The first-order valence-electron chi connectivity index (χ1n) is 16.7. The quantitative estimate of drug-likeness (QED) is 0.366. The van der Waals surface area contributed by atoms with Gasteiger partial charge in [0.2, 0.25) is 0 Å². The number of hydrogen-bond donors (Lipinski definition) is 2. The highest BCUT2D eigenvalue weighted by Crippen LogP contribution is 2.76. The molecule has 0 saturated heterocycles. The Labute approximate surface area is 258 Å². The first-order valence-corrected chi connectivity index (χ1v) is 16.7. The second-order valence-corrected chi connectivity index (χ2v) is 16.4. The molecule has 2 amide bonds. The summed E-state index contributed by atoms with van der Waals surface area (Å²) in [5.41, 5.74) is 3.25. The topological polar surface area (TPSA) is 86.7 Å². The number of allylic oxidation sites excluding steroid dienone is 2. The summed E-state index contributed by atoms with van der Waals surface area (Å²) in [6, 6.07) is 7.49. The molecular weight excluding hydrogens is 536 g/mol. The van der Waals surface area contributed by atoms with E-state index in [2.05, 4.69) is 46.0 Å². The number of aromatic carboxylic acids is 1. The molecule has 6 rings (SSSR count). The van der Waals surface area contributed by atoms with Crippen LogP contribution in [0.5, 0.6) is 0 Å². The van der Waals surface area contributed by atoms with Gasteiger partial charge < -0.3 is 15.3 Å². The average Bonchev–Trinajstić information content (AvgIpc) is 3.36. The van der Waals surface area contributed by atoms with Crippen LogP contribution in [-0.2, 0) is 9.59 Å². The van der Waals surface area contributed by atoms with Gasteiger partial charge in [0.15, 0.2) is 0 Å². The van der Waals surface area contributed by atoms with E-state index < -0.39 is 17.8 Å². The Morgan fingerprint density at radius 2 is 1.51 bits per heavy atom. The predicted octanol–water partition coefficient (Wildman–Crippen LogP) is 7.19. The molecule has 6 heteroatoms. The van der Waals surface area contributed by atoms with Gasteiger partial charge in [-0.15, -0.1) is 0 Å². The van der Waals surface area contributed by atoms with Crippen molar-refractivity contribution in [2.24, 2.45) is 45.3 Å². The molecule has 5 aliphatic carbocycles. The fourth-order valence-electron chi connectivity index (χ4n) is 12.2. The molecule has 7 unspecified atom stereocenters. The van der Waals surface area contributed by atoms with Crippen LogP contribution in [0, 0.1) is 45.3 Å². The predicted molar refractivity (Wildman–Crippen MR) is 169 cm³/mol. The molecule has 0 aliphatic heterocycles. The van der Waals surface area contributed by atoms with E-state index in [0.717, 1.165) is 44.1 Å². The van der Waals surface area contributed by atoms with Crippen LogP contribution in [-0.4, -0.2) is 47.4 Å². The SMILES string of the molecule is CN(C)C(=O)C(=O)NC12CCCC1C1CCC3C4(C)CC=C(c5ccc(C(=O)O)cc5)C(C)(C)C4CCC3(C)[C@]1(C)CC2. The maximum Gasteiger partial charge on any atom is 0.335 e. The average molecular weight is 589 g/mol. The van der Waals surface area contributed by atoms with Gasteiger partial charge in [-0.05, 0) is 126 Å². The summed E-state index contributed by atoms with van der Waals surface area (Å²) in [4.78, 5) is 38.4. The van der Waals surface area contributed by atoms with Crippen LogP contribution in [0.2, 0.25) is 0 Å². The number of carboxylic acids is 1. The largest absolute Gasteiger partial charge is 0.478 e. The zero-order valence-corrected chi connectivity index (χ0v) is 27.4. The zero-order valence-electron chi connectivity index (χ0n) is 27.4. The van der Waals surface area contributed by atoms with Crippen molar-refractivity contribution in [2.75, 3.05) is 14.1 Å². The van der Waals surface area contributed by atoms with E-state index in [4.69, 9.17) is 0 Å². The van der Waals surface area contributed by atoms with Crippen molar-refractivity contribution in [3.8, 4) is 0 Å². The highest BCUT2D eigenvalue weighted by Gasteiger charge is 2.69. The van der Waals surface area contributed by atoms with Crippen molar-refractivity contribution >= 4 is 23.4 Å². The summed E-state index contributed by atoms with van der Waals surface area (Å²) in [5.74, 6) is 0.437. The molecule has 1 aromatic rings. The molecule has 8 atom stereocenters. The highest BCUT2D eigenvalue weighted by atomic mass is 16.4. The maximum atomic E-state index is 13.0. The van der Waals surface area contributed by atoms with Gasteiger partial charge in [-0.2, -0.15) is 0 Å². The van der Waals surface area contributed by atoms with Crippen LogP contribution in [0.4, 0.5) is 0 Å². The smallest absolute Gasteiger partial charge is 0.335 e. The number of benzene rings is 1. The lowest BCUT2D eigenvalue weighted by atomic mass is 9.33. The van der Waals surface area contributed by atoms with Gasteiger partial charge in [-0.25, -0.2) is 4.79 Å². The van der Waals surface area contributed by atoms with E-state index in [1.807, 2.05) is 12.1 Å². The molecular formula is C37H52N2O4. The van der Waals surface area contributed by atoms with E-state index in [9.17, 15) is 19.5 Å². The third-order valence-electron chi connectivity index (χ3n) is 14.3. The molecule has 0 bridgehead atoms. The van der Waals surface area contributed by atoms with Crippen molar-refractivity contribution in [1.82, 2.24) is 10.2 Å². The summed E-state index contributed by atoms with van der Waals surface area (Å²) < 4.78 is 0. The van der Waals surface area contributed by atoms with Gasteiger partial charge in [0.25, 0.3) is 0 Å². The van der Waals surface area contributed by atoms with Crippen molar-refractivity contribution in [2.45, 2.75) is 104 Å². The Morgan fingerprint density at radius 1 is 0.814 bits per heavy atom. The number of carboxylic acid groups (broad SMARTS) is 1. The highest BCUT2D eigenvalue weighted by molar-refractivity contribution is 6.35. The number of carbonyl (C=O) groups excluding carboxylic acids is 2. The van der Waals surface area contributed by atoms with Gasteiger partial charge in [0, 0.05) is 19.6 Å². The molecule has 2 N–H and O–H groups in total. The first kappa shape index (κ1) is 30.4. The summed E-state index contributed by atoms with van der Waals surface area (Å²) >= 11 is 0. The van der Waals surface area contributed by atoms with Gasteiger partial charge >= 0.3 is 17.8 Å². The van der Waals surface area contributed by atoms with Gasteiger partial charge in [-0.3, -0.25) is 9.59 Å². The minimum Gasteiger partial charge on any atom is -0.478 e. The van der Waals surface area contributed by atoms with Crippen LogP contribution in [0.1, 0.15) is 115 Å². The summed E-state index contributed by atoms with van der Waals surface area (Å²) in [6.45, 7) is 12.7. The molecule has 1 aromatic carbocycles. The van der Waals surface area contributed by atoms with Crippen molar-refractivity contribution < 1.29 is 19.5 Å². The normalized spacial score (nSPS) is 41.0. The fourth-order valence-corrected chi connectivity index (χ4v) is 12.2. The first-order chi connectivity index (χ1) is 20.1. The van der Waals surface area contributed by atoms with Crippen LogP contribution < -0.4 is 5.32 Å². The standard InChI is InChI=1S/C37H52N2O4/c1-33(2)25(23-10-12-24(13-11-23)32(42)43)16-19-34(3)28(33)17-20-36(5)29(34)15-14-26-27-9-8-18-37(27,22-21-35(26,36)4)38-30(40)31(41)39(6)7/h10-13,16,26-29H,8-9,14-15,17-22H2,1-7H3,(H,38,40)(H,42,43)/t26?,27?,28?,29?,34?,35-,36?,37?/m1/s1. The van der Waals surface area contributed by atoms with Crippen LogP contribution in [0.15, 0.2) is 30.3 Å². The molecule has 0 radical (unpaired) electrons. The van der Waals surface area contributed by atoms with Crippen LogP contribution in [0.25, 0.3) is 5.57 Å². The third-order valence-corrected chi connectivity index (χ3v) is 14.3. The second-order valence-electron chi connectivity index (χ2n) is 16.4. The van der Waals surface area contributed by atoms with E-state index in [-0.39, 0.29) is 27.2 Å². The monoisotopic (exact) mass is 588 g/mol. The molecule has 4 fully saturated rings. The van der Waals surface area contributed by atoms with Crippen molar-refractivity contribution in [1.29, 1.82) is 0 Å². The van der Waals surface area contributed by atoms with Crippen LogP contribution >= 0.6 is 0 Å². The lowest BCUT2D eigenvalue weighted by Crippen LogP contribution is -2.68. The number of nitrogens with one attached hydrogen (secondary N) is 1. The number of nitrogens with zero attached hydrogens (tertiary/aromatic N) is 1. The van der Waals surface area contributed by atoms with E-state index in [0.29, 0.717) is 29.2 Å². The minimum absolute atomic E-state index is 0.00669. The van der Waals surface area contributed by atoms with E-state index in [1.54, 1.807) is 26.2 Å². The van der Waals surface area contributed by atoms with Gasteiger partial charge in [-0.1, -0.05) is 59.2 Å². The fraction of sp³-hybridized carbons (Fsp3) is 0.703. The Morgan fingerprint density at radius 3 is 2.16 bits per heavy atom. The van der Waals surface area contributed by atoms with E-state index in [1.165, 1.54) is 36.2 Å². The number of carbonyl (C=O) groups is 3.